The Morgan fingerprint density at radius 1 is 1.11 bits per heavy atom. The van der Waals surface area contributed by atoms with Crippen molar-refractivity contribution in [3.8, 4) is 22.8 Å². The molecule has 2 heterocycles. The molecule has 0 atom stereocenters. The predicted molar refractivity (Wildman–Crippen MR) is 110 cm³/mol. The van der Waals surface area contributed by atoms with Crippen LogP contribution in [-0.2, 0) is 11.3 Å². The maximum atomic E-state index is 5.71. The van der Waals surface area contributed by atoms with Gasteiger partial charge in [0.1, 0.15) is 11.5 Å². The smallest absolute Gasteiger partial charge is 0.132 e. The van der Waals surface area contributed by atoms with Crippen LogP contribution < -0.4 is 14.8 Å². The Kier molecular flexibility index (Phi) is 5.13. The van der Waals surface area contributed by atoms with Crippen LogP contribution in [-0.4, -0.2) is 37.5 Å². The number of aryl methyl sites for hydroxylation is 1. The van der Waals surface area contributed by atoms with Gasteiger partial charge in [-0.15, -0.1) is 0 Å². The van der Waals surface area contributed by atoms with Crippen molar-refractivity contribution in [2.24, 2.45) is 5.92 Å². The fourth-order valence-electron chi connectivity index (χ4n) is 3.63. The molecule has 1 saturated carbocycles. The standard InChI is InChI=1S/C22H27N3O3/c1-14-22(23-12-15-8-9-15)18-7-5-6-17(25(18)24-14)21-19(27-3)10-16(13-26-2)11-20(21)28-4/h5-7,10-11,15,23H,8-9,12-13H2,1-4H3. The first-order valence-corrected chi connectivity index (χ1v) is 9.62. The maximum absolute atomic E-state index is 5.71. The van der Waals surface area contributed by atoms with Crippen molar-refractivity contribution in [3.05, 3.63) is 41.6 Å². The number of hydrogen-bond acceptors (Lipinski definition) is 5. The van der Waals surface area contributed by atoms with Gasteiger partial charge in [-0.2, -0.15) is 5.10 Å². The van der Waals surface area contributed by atoms with Crippen molar-refractivity contribution in [2.75, 3.05) is 33.2 Å². The summed E-state index contributed by atoms with van der Waals surface area (Å²) in [7, 11) is 5.02. The van der Waals surface area contributed by atoms with Crippen LogP contribution in [0, 0.1) is 12.8 Å². The number of fused-ring (bicyclic) bond motifs is 1. The Morgan fingerprint density at radius 2 is 1.82 bits per heavy atom. The van der Waals surface area contributed by atoms with E-state index in [2.05, 4.69) is 17.4 Å². The van der Waals surface area contributed by atoms with Crippen molar-refractivity contribution < 1.29 is 14.2 Å². The third kappa shape index (κ3) is 3.40. The van der Waals surface area contributed by atoms with Gasteiger partial charge in [-0.1, -0.05) is 6.07 Å². The van der Waals surface area contributed by atoms with Gasteiger partial charge in [0, 0.05) is 13.7 Å². The molecular weight excluding hydrogens is 354 g/mol. The SMILES string of the molecule is COCc1cc(OC)c(-c2cccc3c(NCC4CC4)c(C)nn23)c(OC)c1. The van der Waals surface area contributed by atoms with E-state index in [0.717, 1.165) is 57.7 Å². The van der Waals surface area contributed by atoms with Crippen molar-refractivity contribution >= 4 is 11.2 Å². The van der Waals surface area contributed by atoms with Gasteiger partial charge in [0.25, 0.3) is 0 Å². The topological polar surface area (TPSA) is 57.0 Å². The molecule has 0 bridgehead atoms. The van der Waals surface area contributed by atoms with E-state index in [1.165, 1.54) is 12.8 Å². The van der Waals surface area contributed by atoms with Gasteiger partial charge < -0.3 is 19.5 Å². The Labute approximate surface area is 165 Å². The number of aromatic nitrogens is 2. The molecule has 0 radical (unpaired) electrons. The first-order valence-electron chi connectivity index (χ1n) is 9.62. The molecular formula is C22H27N3O3. The second-order valence-electron chi connectivity index (χ2n) is 7.30. The summed E-state index contributed by atoms with van der Waals surface area (Å²) in [5.74, 6) is 2.27. The van der Waals surface area contributed by atoms with Gasteiger partial charge in [0.2, 0.25) is 0 Å². The summed E-state index contributed by atoms with van der Waals surface area (Å²) in [6.45, 7) is 3.54. The van der Waals surface area contributed by atoms with Crippen LogP contribution in [0.15, 0.2) is 30.3 Å². The minimum atomic E-state index is 0.493. The zero-order valence-corrected chi connectivity index (χ0v) is 16.9. The molecule has 0 unspecified atom stereocenters. The number of methoxy groups -OCH3 is 3. The van der Waals surface area contributed by atoms with E-state index in [4.69, 9.17) is 19.3 Å². The third-order valence-electron chi connectivity index (χ3n) is 5.23. The highest BCUT2D eigenvalue weighted by atomic mass is 16.5. The van der Waals surface area contributed by atoms with Crippen molar-refractivity contribution in [1.29, 1.82) is 0 Å². The molecule has 1 N–H and O–H groups in total. The average molecular weight is 381 g/mol. The highest BCUT2D eigenvalue weighted by Gasteiger charge is 2.23. The Hall–Kier alpha value is -2.73. The average Bonchev–Trinajstić information content (AvgIpc) is 3.47. The lowest BCUT2D eigenvalue weighted by atomic mass is 10.0. The number of benzene rings is 1. The molecule has 0 amide bonds. The monoisotopic (exact) mass is 381 g/mol. The number of ether oxygens (including phenoxy) is 3. The summed E-state index contributed by atoms with van der Waals surface area (Å²) in [4.78, 5) is 0. The maximum Gasteiger partial charge on any atom is 0.132 e. The zero-order chi connectivity index (χ0) is 19.7. The molecule has 1 fully saturated rings. The molecule has 6 nitrogen and oxygen atoms in total. The Morgan fingerprint density at radius 3 is 2.43 bits per heavy atom. The summed E-state index contributed by atoms with van der Waals surface area (Å²) < 4.78 is 18.7. The van der Waals surface area contributed by atoms with Crippen LogP contribution in [0.25, 0.3) is 16.8 Å². The van der Waals surface area contributed by atoms with Crippen LogP contribution in [0.5, 0.6) is 11.5 Å². The van der Waals surface area contributed by atoms with E-state index in [9.17, 15) is 0 Å². The molecule has 1 aliphatic rings. The van der Waals surface area contributed by atoms with Crippen LogP contribution in [0.3, 0.4) is 0 Å². The first-order chi connectivity index (χ1) is 13.7. The first kappa shape index (κ1) is 18.6. The van der Waals surface area contributed by atoms with E-state index in [0.29, 0.717) is 6.61 Å². The van der Waals surface area contributed by atoms with E-state index >= 15 is 0 Å². The van der Waals surface area contributed by atoms with Gasteiger partial charge >= 0.3 is 0 Å². The lowest BCUT2D eigenvalue weighted by molar-refractivity contribution is 0.184. The Balaban J connectivity index is 1.85. The predicted octanol–water partition coefficient (Wildman–Crippen LogP) is 4.30. The summed E-state index contributed by atoms with van der Waals surface area (Å²) in [5.41, 5.74) is 5.95. The molecule has 3 aromatic rings. The highest BCUT2D eigenvalue weighted by molar-refractivity contribution is 5.82. The number of hydrogen-bond donors (Lipinski definition) is 1. The number of nitrogens with one attached hydrogen (secondary N) is 1. The van der Waals surface area contributed by atoms with Crippen molar-refractivity contribution in [1.82, 2.24) is 9.61 Å². The van der Waals surface area contributed by atoms with Crippen molar-refractivity contribution in [2.45, 2.75) is 26.4 Å². The second-order valence-corrected chi connectivity index (χ2v) is 7.30. The van der Waals surface area contributed by atoms with Gasteiger partial charge in [0.05, 0.1) is 49.0 Å². The van der Waals surface area contributed by atoms with E-state index < -0.39 is 0 Å². The van der Waals surface area contributed by atoms with Gasteiger partial charge in [-0.25, -0.2) is 4.52 Å². The third-order valence-corrected chi connectivity index (χ3v) is 5.23. The zero-order valence-electron chi connectivity index (χ0n) is 16.9. The largest absolute Gasteiger partial charge is 0.496 e. The minimum Gasteiger partial charge on any atom is -0.496 e. The number of pyridine rings is 1. The molecule has 6 heteroatoms. The normalized spacial score (nSPS) is 13.7. The fourth-order valence-corrected chi connectivity index (χ4v) is 3.63. The van der Waals surface area contributed by atoms with Gasteiger partial charge in [-0.3, -0.25) is 0 Å². The molecule has 28 heavy (non-hydrogen) atoms. The number of rotatable bonds is 8. The lowest BCUT2D eigenvalue weighted by Crippen LogP contribution is -2.04. The molecule has 1 aliphatic carbocycles. The molecule has 0 aliphatic heterocycles. The van der Waals surface area contributed by atoms with Gasteiger partial charge in [-0.05, 0) is 55.5 Å². The van der Waals surface area contributed by atoms with E-state index in [1.54, 1.807) is 21.3 Å². The molecule has 148 valence electrons. The molecule has 0 saturated heterocycles. The number of nitrogens with zero attached hydrogens (tertiary/aromatic N) is 2. The molecule has 1 aromatic carbocycles. The molecule has 0 spiro atoms. The summed E-state index contributed by atoms with van der Waals surface area (Å²) in [6, 6.07) is 10.2. The van der Waals surface area contributed by atoms with Crippen LogP contribution in [0.1, 0.15) is 24.1 Å². The van der Waals surface area contributed by atoms with Crippen molar-refractivity contribution in [3.63, 3.8) is 0 Å². The Bertz CT molecular complexity index is 967. The number of anilines is 1. The lowest BCUT2D eigenvalue weighted by Gasteiger charge is -2.16. The molecule has 4 rings (SSSR count). The second kappa shape index (κ2) is 7.72. The highest BCUT2D eigenvalue weighted by Crippen LogP contribution is 2.41. The minimum absolute atomic E-state index is 0.493. The summed E-state index contributed by atoms with van der Waals surface area (Å²) in [6.07, 6.45) is 2.64. The van der Waals surface area contributed by atoms with E-state index in [1.807, 2.05) is 29.6 Å². The summed E-state index contributed by atoms with van der Waals surface area (Å²) >= 11 is 0. The quantitative estimate of drug-likeness (QED) is 0.631. The fraction of sp³-hybridized carbons (Fsp3) is 0.409. The molecule has 2 aromatic heterocycles. The van der Waals surface area contributed by atoms with Crippen LogP contribution in [0.4, 0.5) is 5.69 Å². The summed E-state index contributed by atoms with van der Waals surface area (Å²) in [5, 5.41) is 8.41. The van der Waals surface area contributed by atoms with Crippen LogP contribution in [0.2, 0.25) is 0 Å². The van der Waals surface area contributed by atoms with Crippen LogP contribution >= 0.6 is 0 Å². The van der Waals surface area contributed by atoms with Gasteiger partial charge in [0.15, 0.2) is 0 Å². The van der Waals surface area contributed by atoms with E-state index in [-0.39, 0.29) is 0 Å².